The summed E-state index contributed by atoms with van der Waals surface area (Å²) in [6.45, 7) is 8.47. The maximum Gasteiger partial charge on any atom is 0.293 e. The topological polar surface area (TPSA) is 77.2 Å². The molecule has 0 bridgehead atoms. The van der Waals surface area contributed by atoms with E-state index in [0.29, 0.717) is 42.3 Å². The van der Waals surface area contributed by atoms with Crippen LogP contribution in [0.3, 0.4) is 0 Å². The van der Waals surface area contributed by atoms with Crippen LogP contribution in [0.4, 0.5) is 0 Å². The lowest BCUT2D eigenvalue weighted by Gasteiger charge is -2.15. The molecule has 26 heavy (non-hydrogen) atoms. The number of benzene rings is 1. The quantitative estimate of drug-likeness (QED) is 0.553. The SMILES string of the molecule is C/C(Cl)=C\c1nn(-c2cc(CCCOC=O)cc(C(C)C)c2O)nc1C. The summed E-state index contributed by atoms with van der Waals surface area (Å²) >= 11 is 5.94. The lowest BCUT2D eigenvalue weighted by Crippen LogP contribution is -2.05. The molecule has 2 aromatic rings. The van der Waals surface area contributed by atoms with Crippen molar-refractivity contribution in [2.75, 3.05) is 6.61 Å². The number of aryl methyl sites for hydroxylation is 2. The normalized spacial score (nSPS) is 11.8. The molecule has 0 amide bonds. The number of rotatable bonds is 8. The predicted octanol–water partition coefficient (Wildman–Crippen LogP) is 4.11. The Balaban J connectivity index is 2.44. The van der Waals surface area contributed by atoms with Crippen LogP contribution < -0.4 is 0 Å². The van der Waals surface area contributed by atoms with Gasteiger partial charge in [0.15, 0.2) is 0 Å². The number of phenols is 1. The summed E-state index contributed by atoms with van der Waals surface area (Å²) in [6.07, 6.45) is 3.15. The maximum atomic E-state index is 10.7. The summed E-state index contributed by atoms with van der Waals surface area (Å²) in [6, 6.07) is 3.84. The molecule has 2 rings (SSSR count). The summed E-state index contributed by atoms with van der Waals surface area (Å²) < 4.78 is 4.75. The molecule has 0 spiro atoms. The first-order valence-corrected chi connectivity index (χ1v) is 8.90. The molecule has 0 atom stereocenters. The van der Waals surface area contributed by atoms with Crippen molar-refractivity contribution in [1.29, 1.82) is 0 Å². The fourth-order valence-corrected chi connectivity index (χ4v) is 2.77. The Hall–Kier alpha value is -2.34. The third-order valence-corrected chi connectivity index (χ3v) is 4.07. The van der Waals surface area contributed by atoms with Crippen LogP contribution in [0.1, 0.15) is 55.6 Å². The number of ether oxygens (including phenoxy) is 1. The van der Waals surface area contributed by atoms with Crippen molar-refractivity contribution < 1.29 is 14.6 Å². The van der Waals surface area contributed by atoms with E-state index in [-0.39, 0.29) is 11.7 Å². The minimum atomic E-state index is 0.140. The van der Waals surface area contributed by atoms with E-state index in [1.165, 1.54) is 4.80 Å². The van der Waals surface area contributed by atoms with Gasteiger partial charge in [-0.1, -0.05) is 31.5 Å². The number of nitrogens with zero attached hydrogens (tertiary/aromatic N) is 3. The first-order chi connectivity index (χ1) is 12.3. The molecule has 0 saturated heterocycles. The lowest BCUT2D eigenvalue weighted by atomic mass is 9.96. The number of aromatic hydroxyl groups is 1. The van der Waals surface area contributed by atoms with Crippen LogP contribution >= 0.6 is 11.6 Å². The van der Waals surface area contributed by atoms with Crippen molar-refractivity contribution in [3.63, 3.8) is 0 Å². The first kappa shape index (κ1) is 20.0. The van der Waals surface area contributed by atoms with Crippen molar-refractivity contribution in [3.8, 4) is 11.4 Å². The van der Waals surface area contributed by atoms with Gasteiger partial charge in [-0.15, -0.1) is 9.90 Å². The molecular formula is C19H24ClN3O3. The highest BCUT2D eigenvalue weighted by Gasteiger charge is 2.17. The lowest BCUT2D eigenvalue weighted by molar-refractivity contribution is -0.128. The fourth-order valence-electron chi connectivity index (χ4n) is 2.67. The number of carbonyl (C=O) groups excluding carboxylic acids is 1. The van der Waals surface area contributed by atoms with E-state index in [9.17, 15) is 9.90 Å². The van der Waals surface area contributed by atoms with Gasteiger partial charge in [0, 0.05) is 5.03 Å². The minimum absolute atomic E-state index is 0.140. The zero-order valence-corrected chi connectivity index (χ0v) is 16.2. The van der Waals surface area contributed by atoms with Gasteiger partial charge in [0.2, 0.25) is 0 Å². The summed E-state index contributed by atoms with van der Waals surface area (Å²) in [5, 5.41) is 20.2. The molecular weight excluding hydrogens is 354 g/mol. The van der Waals surface area contributed by atoms with Gasteiger partial charge in [-0.25, -0.2) is 0 Å². The zero-order chi connectivity index (χ0) is 19.3. The molecule has 1 N–H and O–H groups in total. The smallest absolute Gasteiger partial charge is 0.293 e. The molecule has 7 heteroatoms. The van der Waals surface area contributed by atoms with Crippen molar-refractivity contribution in [1.82, 2.24) is 15.0 Å². The molecule has 1 aromatic carbocycles. The molecule has 0 fully saturated rings. The summed E-state index contributed by atoms with van der Waals surface area (Å²) in [7, 11) is 0. The molecule has 0 aliphatic heterocycles. The van der Waals surface area contributed by atoms with Crippen LogP contribution in [0.5, 0.6) is 5.75 Å². The average molecular weight is 378 g/mol. The van der Waals surface area contributed by atoms with Crippen LogP contribution in [-0.4, -0.2) is 33.2 Å². The van der Waals surface area contributed by atoms with Crippen LogP contribution in [-0.2, 0) is 16.0 Å². The molecule has 1 aromatic heterocycles. The number of aromatic nitrogens is 3. The van der Waals surface area contributed by atoms with E-state index in [1.807, 2.05) is 32.9 Å². The zero-order valence-electron chi connectivity index (χ0n) is 15.5. The van der Waals surface area contributed by atoms with Crippen LogP contribution in [0.15, 0.2) is 17.2 Å². The maximum absolute atomic E-state index is 10.7. The van der Waals surface area contributed by atoms with Gasteiger partial charge < -0.3 is 9.84 Å². The molecule has 0 aliphatic carbocycles. The fraction of sp³-hybridized carbons (Fsp3) is 0.421. The second-order valence-electron chi connectivity index (χ2n) is 6.47. The van der Waals surface area contributed by atoms with E-state index in [4.69, 9.17) is 16.3 Å². The standard InChI is InChI=1S/C19H24ClN3O3/c1-12(2)16-9-15(6-5-7-26-11-24)10-18(19(16)25)23-21-14(4)17(22-23)8-13(3)20/h8-12,25H,5-7H2,1-4H3/b13-8+. The highest BCUT2D eigenvalue weighted by Crippen LogP contribution is 2.33. The Morgan fingerprint density at radius 3 is 2.73 bits per heavy atom. The van der Waals surface area contributed by atoms with Gasteiger partial charge >= 0.3 is 0 Å². The van der Waals surface area contributed by atoms with Crippen LogP contribution in [0.2, 0.25) is 0 Å². The summed E-state index contributed by atoms with van der Waals surface area (Å²) in [5.74, 6) is 0.307. The van der Waals surface area contributed by atoms with E-state index in [2.05, 4.69) is 10.2 Å². The summed E-state index contributed by atoms with van der Waals surface area (Å²) in [4.78, 5) is 11.7. The van der Waals surface area contributed by atoms with Gasteiger partial charge in [-0.2, -0.15) is 5.10 Å². The van der Waals surface area contributed by atoms with E-state index in [0.717, 1.165) is 16.8 Å². The molecule has 6 nitrogen and oxygen atoms in total. The number of hydrogen-bond acceptors (Lipinski definition) is 5. The van der Waals surface area contributed by atoms with E-state index < -0.39 is 0 Å². The van der Waals surface area contributed by atoms with Gasteiger partial charge in [0.25, 0.3) is 6.47 Å². The second kappa shape index (κ2) is 8.85. The molecule has 0 radical (unpaired) electrons. The Kier molecular flexibility index (Phi) is 6.80. The van der Waals surface area contributed by atoms with E-state index >= 15 is 0 Å². The van der Waals surface area contributed by atoms with Crippen molar-refractivity contribution in [2.45, 2.75) is 46.5 Å². The first-order valence-electron chi connectivity index (χ1n) is 8.52. The number of carbonyl (C=O) groups is 1. The third kappa shape index (κ3) is 4.85. The van der Waals surface area contributed by atoms with Gasteiger partial charge in [-0.3, -0.25) is 4.79 Å². The van der Waals surface area contributed by atoms with Gasteiger partial charge in [0.1, 0.15) is 17.1 Å². The van der Waals surface area contributed by atoms with Crippen molar-refractivity contribution in [2.24, 2.45) is 0 Å². The van der Waals surface area contributed by atoms with Crippen LogP contribution in [0.25, 0.3) is 11.8 Å². The molecule has 0 aliphatic rings. The highest BCUT2D eigenvalue weighted by atomic mass is 35.5. The second-order valence-corrected chi connectivity index (χ2v) is 7.07. The highest BCUT2D eigenvalue weighted by molar-refractivity contribution is 6.31. The number of phenolic OH excluding ortho intramolecular Hbond substituents is 1. The van der Waals surface area contributed by atoms with E-state index in [1.54, 1.807) is 13.0 Å². The van der Waals surface area contributed by atoms with Crippen molar-refractivity contribution >= 4 is 24.1 Å². The number of hydrogen-bond donors (Lipinski definition) is 1. The van der Waals surface area contributed by atoms with Crippen molar-refractivity contribution in [3.05, 3.63) is 39.7 Å². The Labute approximate surface area is 158 Å². The summed E-state index contributed by atoms with van der Waals surface area (Å²) in [5.41, 5.74) is 3.76. The number of halogens is 1. The number of allylic oxidation sites excluding steroid dienone is 1. The average Bonchev–Trinajstić information content (AvgIpc) is 2.92. The Bertz CT molecular complexity index is 809. The predicted molar refractivity (Wildman–Crippen MR) is 102 cm³/mol. The third-order valence-electron chi connectivity index (χ3n) is 3.97. The van der Waals surface area contributed by atoms with Crippen LogP contribution in [0, 0.1) is 6.92 Å². The monoisotopic (exact) mass is 377 g/mol. The molecule has 1 heterocycles. The molecule has 140 valence electrons. The molecule has 0 unspecified atom stereocenters. The Morgan fingerprint density at radius 1 is 1.38 bits per heavy atom. The minimum Gasteiger partial charge on any atom is -0.505 e. The molecule has 0 saturated carbocycles. The van der Waals surface area contributed by atoms with Gasteiger partial charge in [-0.05, 0) is 55.9 Å². The largest absolute Gasteiger partial charge is 0.505 e. The van der Waals surface area contributed by atoms with Gasteiger partial charge in [0.05, 0.1) is 12.3 Å². The Morgan fingerprint density at radius 2 is 2.12 bits per heavy atom.